The summed E-state index contributed by atoms with van der Waals surface area (Å²) in [4.78, 5) is 11.4. The predicted molar refractivity (Wildman–Crippen MR) is 78.4 cm³/mol. The van der Waals surface area contributed by atoms with Crippen LogP contribution in [0.3, 0.4) is 0 Å². The largest absolute Gasteiger partial charge is 0.494 e. The summed E-state index contributed by atoms with van der Waals surface area (Å²) in [5.74, 6) is 0.751. The van der Waals surface area contributed by atoms with Gasteiger partial charge in [-0.1, -0.05) is 0 Å². The number of unbranched alkanes of at least 4 members (excludes halogenated alkanes) is 2. The Balaban J connectivity index is 2.03. The van der Waals surface area contributed by atoms with Crippen molar-refractivity contribution in [3.05, 3.63) is 29.8 Å². The van der Waals surface area contributed by atoms with E-state index in [2.05, 4.69) is 11.4 Å². The van der Waals surface area contributed by atoms with Crippen molar-refractivity contribution in [2.45, 2.75) is 32.1 Å². The van der Waals surface area contributed by atoms with Crippen molar-refractivity contribution in [2.75, 3.05) is 13.2 Å². The van der Waals surface area contributed by atoms with Gasteiger partial charge in [-0.05, 0) is 43.5 Å². The minimum atomic E-state index is -0.00161. The van der Waals surface area contributed by atoms with Gasteiger partial charge in [0.1, 0.15) is 5.75 Å². The summed E-state index contributed by atoms with van der Waals surface area (Å²) in [6, 6.07) is 11.0. The van der Waals surface area contributed by atoms with Gasteiger partial charge in [0, 0.05) is 13.0 Å². The van der Waals surface area contributed by atoms with Crippen LogP contribution in [0.5, 0.6) is 5.75 Å². The van der Waals surface area contributed by atoms with E-state index in [4.69, 9.17) is 15.3 Å². The lowest BCUT2D eigenvalue weighted by molar-refractivity contribution is -0.121. The van der Waals surface area contributed by atoms with E-state index in [9.17, 15) is 4.79 Å². The van der Waals surface area contributed by atoms with Gasteiger partial charge in [0.25, 0.3) is 0 Å². The Morgan fingerprint density at radius 2 is 1.90 bits per heavy atom. The van der Waals surface area contributed by atoms with E-state index < -0.39 is 0 Å². The molecule has 0 unspecified atom stereocenters. The van der Waals surface area contributed by atoms with Gasteiger partial charge in [0.2, 0.25) is 5.91 Å². The first kappa shape index (κ1) is 16.5. The molecule has 0 fully saturated rings. The number of nitrogens with one attached hydrogen (secondary N) is 1. The SMILES string of the molecule is N#CCCNC(=O)CCCCCOc1ccc(C#N)cc1. The molecule has 0 spiro atoms. The molecular weight excluding hydrogens is 266 g/mol. The van der Waals surface area contributed by atoms with E-state index in [0.29, 0.717) is 31.6 Å². The maximum atomic E-state index is 11.4. The van der Waals surface area contributed by atoms with Gasteiger partial charge in [-0.15, -0.1) is 0 Å². The standard InChI is InChI=1S/C16H19N3O2/c17-10-4-11-19-16(20)5-2-1-3-12-21-15-8-6-14(13-18)7-9-15/h6-9H,1-5,11-12H2,(H,19,20). The van der Waals surface area contributed by atoms with Gasteiger partial charge < -0.3 is 10.1 Å². The van der Waals surface area contributed by atoms with E-state index in [1.165, 1.54) is 0 Å². The molecule has 5 nitrogen and oxygen atoms in total. The quantitative estimate of drug-likeness (QED) is 0.706. The second kappa shape index (κ2) is 10.3. The van der Waals surface area contributed by atoms with Crippen molar-refractivity contribution in [1.29, 1.82) is 10.5 Å². The summed E-state index contributed by atoms with van der Waals surface area (Å²) in [6.07, 6.45) is 3.45. The molecular formula is C16H19N3O2. The highest BCUT2D eigenvalue weighted by molar-refractivity contribution is 5.75. The molecule has 0 atom stereocenters. The van der Waals surface area contributed by atoms with Crippen LogP contribution in [-0.2, 0) is 4.79 Å². The number of benzene rings is 1. The van der Waals surface area contributed by atoms with E-state index in [1.807, 2.05) is 6.07 Å². The van der Waals surface area contributed by atoms with Crippen LogP contribution in [0, 0.1) is 22.7 Å². The molecule has 5 heteroatoms. The molecule has 0 aromatic heterocycles. The van der Waals surface area contributed by atoms with Crippen LogP contribution in [0.4, 0.5) is 0 Å². The summed E-state index contributed by atoms with van der Waals surface area (Å²) >= 11 is 0. The Morgan fingerprint density at radius 1 is 1.14 bits per heavy atom. The molecule has 0 heterocycles. The molecule has 110 valence electrons. The first-order chi connectivity index (χ1) is 10.3. The average molecular weight is 285 g/mol. The highest BCUT2D eigenvalue weighted by Crippen LogP contribution is 2.12. The number of carbonyl (C=O) groups is 1. The van der Waals surface area contributed by atoms with Crippen molar-refractivity contribution in [3.8, 4) is 17.9 Å². The van der Waals surface area contributed by atoms with Crippen LogP contribution < -0.4 is 10.1 Å². The number of carbonyl (C=O) groups excluding carboxylic acids is 1. The van der Waals surface area contributed by atoms with Gasteiger partial charge in [0.05, 0.1) is 30.7 Å². The fourth-order valence-corrected chi connectivity index (χ4v) is 1.73. The van der Waals surface area contributed by atoms with Crippen LogP contribution in [0.25, 0.3) is 0 Å². The normalized spacial score (nSPS) is 9.43. The van der Waals surface area contributed by atoms with Gasteiger partial charge >= 0.3 is 0 Å². The van der Waals surface area contributed by atoms with Crippen molar-refractivity contribution in [2.24, 2.45) is 0 Å². The number of ether oxygens (including phenoxy) is 1. The van der Waals surface area contributed by atoms with E-state index in [0.717, 1.165) is 25.0 Å². The third kappa shape index (κ3) is 7.59. The second-order valence-corrected chi connectivity index (χ2v) is 4.55. The van der Waals surface area contributed by atoms with E-state index >= 15 is 0 Å². The zero-order chi connectivity index (χ0) is 15.3. The number of hydrogen-bond donors (Lipinski definition) is 1. The summed E-state index contributed by atoms with van der Waals surface area (Å²) in [5, 5.41) is 19.7. The molecule has 0 aliphatic heterocycles. The summed E-state index contributed by atoms with van der Waals surface area (Å²) < 4.78 is 5.55. The van der Waals surface area contributed by atoms with E-state index in [1.54, 1.807) is 24.3 Å². The summed E-state index contributed by atoms with van der Waals surface area (Å²) in [5.41, 5.74) is 0.616. The van der Waals surface area contributed by atoms with Gasteiger partial charge in [0.15, 0.2) is 0 Å². The van der Waals surface area contributed by atoms with Crippen LogP contribution in [0.1, 0.15) is 37.7 Å². The highest BCUT2D eigenvalue weighted by atomic mass is 16.5. The lowest BCUT2D eigenvalue weighted by Gasteiger charge is -2.06. The molecule has 0 bridgehead atoms. The third-order valence-corrected chi connectivity index (χ3v) is 2.86. The van der Waals surface area contributed by atoms with Crippen molar-refractivity contribution >= 4 is 5.91 Å². The number of nitrogens with zero attached hydrogens (tertiary/aromatic N) is 2. The third-order valence-electron chi connectivity index (χ3n) is 2.86. The number of hydrogen-bond acceptors (Lipinski definition) is 4. The highest BCUT2D eigenvalue weighted by Gasteiger charge is 2.00. The Kier molecular flexibility index (Phi) is 8.09. The number of amides is 1. The molecule has 0 saturated heterocycles. The molecule has 1 rings (SSSR count). The zero-order valence-electron chi connectivity index (χ0n) is 12.0. The van der Waals surface area contributed by atoms with Crippen molar-refractivity contribution in [1.82, 2.24) is 5.32 Å². The summed E-state index contributed by atoms with van der Waals surface area (Å²) in [6.45, 7) is 1.03. The Morgan fingerprint density at radius 3 is 2.57 bits per heavy atom. The smallest absolute Gasteiger partial charge is 0.220 e. The van der Waals surface area contributed by atoms with Crippen LogP contribution in [-0.4, -0.2) is 19.1 Å². The number of rotatable bonds is 9. The average Bonchev–Trinajstić information content (AvgIpc) is 2.51. The molecule has 1 aromatic carbocycles. The maximum Gasteiger partial charge on any atom is 0.220 e. The Labute approximate surface area is 125 Å². The topological polar surface area (TPSA) is 85.9 Å². The van der Waals surface area contributed by atoms with Crippen LogP contribution in [0.2, 0.25) is 0 Å². The fourth-order valence-electron chi connectivity index (χ4n) is 1.73. The molecule has 0 radical (unpaired) electrons. The lowest BCUT2D eigenvalue weighted by atomic mass is 10.2. The minimum absolute atomic E-state index is 0.00161. The monoisotopic (exact) mass is 285 g/mol. The van der Waals surface area contributed by atoms with Crippen molar-refractivity contribution < 1.29 is 9.53 Å². The Bertz CT molecular complexity index is 512. The summed E-state index contributed by atoms with van der Waals surface area (Å²) in [7, 11) is 0. The first-order valence-corrected chi connectivity index (χ1v) is 7.03. The molecule has 0 aliphatic rings. The fraction of sp³-hybridized carbons (Fsp3) is 0.438. The molecule has 0 aliphatic carbocycles. The van der Waals surface area contributed by atoms with Crippen LogP contribution >= 0.6 is 0 Å². The van der Waals surface area contributed by atoms with Crippen molar-refractivity contribution in [3.63, 3.8) is 0 Å². The Hall–Kier alpha value is -2.53. The first-order valence-electron chi connectivity index (χ1n) is 7.03. The molecule has 1 N–H and O–H groups in total. The number of nitriles is 2. The second-order valence-electron chi connectivity index (χ2n) is 4.55. The minimum Gasteiger partial charge on any atom is -0.494 e. The molecule has 0 saturated carbocycles. The molecule has 1 amide bonds. The maximum absolute atomic E-state index is 11.4. The van der Waals surface area contributed by atoms with Gasteiger partial charge in [-0.3, -0.25) is 4.79 Å². The van der Waals surface area contributed by atoms with Gasteiger partial charge in [-0.25, -0.2) is 0 Å². The van der Waals surface area contributed by atoms with Gasteiger partial charge in [-0.2, -0.15) is 10.5 Å². The van der Waals surface area contributed by atoms with E-state index in [-0.39, 0.29) is 5.91 Å². The zero-order valence-corrected chi connectivity index (χ0v) is 12.0. The lowest BCUT2D eigenvalue weighted by Crippen LogP contribution is -2.23. The molecule has 1 aromatic rings. The van der Waals surface area contributed by atoms with Crippen LogP contribution in [0.15, 0.2) is 24.3 Å². The molecule has 21 heavy (non-hydrogen) atoms. The predicted octanol–water partition coefficient (Wildman–Crippen LogP) is 2.53.